The van der Waals surface area contributed by atoms with Crippen LogP contribution in [0.4, 0.5) is 5.69 Å². The Morgan fingerprint density at radius 2 is 2.04 bits per heavy atom. The molecule has 3 aromatic rings. The Kier molecular flexibility index (Phi) is 5.39. The van der Waals surface area contributed by atoms with E-state index >= 15 is 0 Å². The Morgan fingerprint density at radius 1 is 1.16 bits per heavy atom. The largest absolute Gasteiger partial charge is 0.497 e. The van der Waals surface area contributed by atoms with Gasteiger partial charge in [0.05, 0.1) is 7.11 Å². The van der Waals surface area contributed by atoms with Crippen LogP contribution in [-0.2, 0) is 17.8 Å². The maximum Gasteiger partial charge on any atom is 0.224 e. The number of aromatic nitrogens is 1. The van der Waals surface area contributed by atoms with Gasteiger partial charge in [-0.05, 0) is 54.8 Å². The summed E-state index contributed by atoms with van der Waals surface area (Å²) in [7, 11) is 1.65. The van der Waals surface area contributed by atoms with Crippen LogP contribution >= 0.6 is 0 Å². The summed E-state index contributed by atoms with van der Waals surface area (Å²) in [6.45, 7) is 3.18. The Hall–Kier alpha value is -2.75. The summed E-state index contributed by atoms with van der Waals surface area (Å²) < 4.78 is 7.45. The second-order valence-corrected chi connectivity index (χ2v) is 6.18. The number of fused-ring (bicyclic) bond motifs is 1. The molecule has 0 bridgehead atoms. The minimum absolute atomic E-state index is 0.0233. The Labute approximate surface area is 148 Å². The van der Waals surface area contributed by atoms with E-state index in [2.05, 4.69) is 35.1 Å². The standard InChI is InChI=1S/C21H24N2O2/c1-3-12-23-13-11-17-15-18(8-9-20(17)23)22-21(24)10-7-16-5-4-6-19(14-16)25-2/h4-6,8-9,11,13-15H,3,7,10,12H2,1-2H3,(H,22,24). The van der Waals surface area contributed by atoms with Crippen molar-refractivity contribution in [1.29, 1.82) is 0 Å². The number of methoxy groups -OCH3 is 1. The number of nitrogens with zero attached hydrogens (tertiary/aromatic N) is 1. The van der Waals surface area contributed by atoms with E-state index < -0.39 is 0 Å². The van der Waals surface area contributed by atoms with Crippen LogP contribution in [0.25, 0.3) is 10.9 Å². The molecule has 4 nitrogen and oxygen atoms in total. The molecule has 2 aromatic carbocycles. The minimum Gasteiger partial charge on any atom is -0.497 e. The summed E-state index contributed by atoms with van der Waals surface area (Å²) in [4.78, 5) is 12.2. The van der Waals surface area contributed by atoms with Crippen molar-refractivity contribution in [2.45, 2.75) is 32.7 Å². The van der Waals surface area contributed by atoms with Gasteiger partial charge in [-0.2, -0.15) is 0 Å². The number of rotatable bonds is 7. The number of aryl methyl sites for hydroxylation is 2. The molecule has 3 rings (SSSR count). The summed E-state index contributed by atoms with van der Waals surface area (Å²) in [6, 6.07) is 16.0. The van der Waals surface area contributed by atoms with Crippen LogP contribution in [0.1, 0.15) is 25.3 Å². The number of benzene rings is 2. The summed E-state index contributed by atoms with van der Waals surface area (Å²) in [5.41, 5.74) is 3.15. The maximum atomic E-state index is 12.2. The highest BCUT2D eigenvalue weighted by Crippen LogP contribution is 2.21. The van der Waals surface area contributed by atoms with Gasteiger partial charge in [0, 0.05) is 35.8 Å². The first-order valence-electron chi connectivity index (χ1n) is 8.71. The molecule has 0 unspecified atom stereocenters. The topological polar surface area (TPSA) is 43.3 Å². The summed E-state index contributed by atoms with van der Waals surface area (Å²) in [5.74, 6) is 0.843. The van der Waals surface area contributed by atoms with E-state index in [9.17, 15) is 4.79 Å². The van der Waals surface area contributed by atoms with Gasteiger partial charge in [-0.3, -0.25) is 4.79 Å². The predicted molar refractivity (Wildman–Crippen MR) is 102 cm³/mol. The minimum atomic E-state index is 0.0233. The molecule has 0 fully saturated rings. The quantitative estimate of drug-likeness (QED) is 0.683. The zero-order valence-corrected chi connectivity index (χ0v) is 14.8. The fraction of sp³-hybridized carbons (Fsp3) is 0.286. The van der Waals surface area contributed by atoms with Gasteiger partial charge in [0.1, 0.15) is 5.75 Å². The fourth-order valence-corrected chi connectivity index (χ4v) is 3.02. The Bertz CT molecular complexity index is 867. The van der Waals surface area contributed by atoms with Gasteiger partial charge in [0.25, 0.3) is 0 Å². The van der Waals surface area contributed by atoms with Gasteiger partial charge in [0.2, 0.25) is 5.91 Å². The highest BCUT2D eigenvalue weighted by Gasteiger charge is 2.06. The van der Waals surface area contributed by atoms with Crippen molar-refractivity contribution < 1.29 is 9.53 Å². The number of anilines is 1. The SMILES string of the molecule is CCCn1ccc2cc(NC(=O)CCc3cccc(OC)c3)ccc21. The van der Waals surface area contributed by atoms with Gasteiger partial charge >= 0.3 is 0 Å². The number of hydrogen-bond donors (Lipinski definition) is 1. The van der Waals surface area contributed by atoms with Crippen LogP contribution in [0.5, 0.6) is 5.75 Å². The van der Waals surface area contributed by atoms with Crippen LogP contribution < -0.4 is 10.1 Å². The van der Waals surface area contributed by atoms with E-state index in [-0.39, 0.29) is 5.91 Å². The van der Waals surface area contributed by atoms with Gasteiger partial charge < -0.3 is 14.6 Å². The molecule has 0 aliphatic heterocycles. The number of hydrogen-bond acceptors (Lipinski definition) is 2. The van der Waals surface area contributed by atoms with Crippen molar-refractivity contribution in [3.8, 4) is 5.75 Å². The molecule has 1 heterocycles. The van der Waals surface area contributed by atoms with Crippen molar-refractivity contribution >= 4 is 22.5 Å². The lowest BCUT2D eigenvalue weighted by molar-refractivity contribution is -0.116. The molecule has 0 radical (unpaired) electrons. The van der Waals surface area contributed by atoms with Crippen LogP contribution in [-0.4, -0.2) is 17.6 Å². The average Bonchev–Trinajstić information content (AvgIpc) is 3.03. The summed E-state index contributed by atoms with van der Waals surface area (Å²) in [6.07, 6.45) is 4.34. The molecule has 4 heteroatoms. The van der Waals surface area contributed by atoms with Crippen molar-refractivity contribution in [2.24, 2.45) is 0 Å². The Morgan fingerprint density at radius 3 is 2.84 bits per heavy atom. The smallest absolute Gasteiger partial charge is 0.224 e. The number of amides is 1. The third kappa shape index (κ3) is 4.21. The zero-order valence-electron chi connectivity index (χ0n) is 14.8. The van der Waals surface area contributed by atoms with Crippen molar-refractivity contribution in [3.05, 3.63) is 60.3 Å². The predicted octanol–water partition coefficient (Wildman–Crippen LogP) is 4.63. The first-order valence-corrected chi connectivity index (χ1v) is 8.71. The Balaban J connectivity index is 1.61. The van der Waals surface area contributed by atoms with Gasteiger partial charge in [-0.1, -0.05) is 19.1 Å². The molecule has 0 saturated carbocycles. The lowest BCUT2D eigenvalue weighted by Gasteiger charge is -2.08. The lowest BCUT2D eigenvalue weighted by Crippen LogP contribution is -2.12. The summed E-state index contributed by atoms with van der Waals surface area (Å²) in [5, 5.41) is 4.15. The lowest BCUT2D eigenvalue weighted by atomic mass is 10.1. The monoisotopic (exact) mass is 336 g/mol. The first kappa shape index (κ1) is 17.1. The molecular weight excluding hydrogens is 312 g/mol. The van der Waals surface area contributed by atoms with Crippen molar-refractivity contribution in [1.82, 2.24) is 4.57 Å². The van der Waals surface area contributed by atoms with E-state index in [0.717, 1.165) is 35.4 Å². The molecule has 1 N–H and O–H groups in total. The molecule has 0 aliphatic rings. The van der Waals surface area contributed by atoms with Gasteiger partial charge in [-0.25, -0.2) is 0 Å². The van der Waals surface area contributed by atoms with Crippen LogP contribution in [0, 0.1) is 0 Å². The molecule has 130 valence electrons. The van der Waals surface area contributed by atoms with Crippen LogP contribution in [0.3, 0.4) is 0 Å². The van der Waals surface area contributed by atoms with Gasteiger partial charge in [0.15, 0.2) is 0 Å². The highest BCUT2D eigenvalue weighted by atomic mass is 16.5. The normalized spacial score (nSPS) is 10.8. The van der Waals surface area contributed by atoms with E-state index in [4.69, 9.17) is 4.74 Å². The van der Waals surface area contributed by atoms with Crippen LogP contribution in [0.2, 0.25) is 0 Å². The fourth-order valence-electron chi connectivity index (χ4n) is 3.02. The molecule has 0 spiro atoms. The third-order valence-corrected chi connectivity index (χ3v) is 4.29. The maximum absolute atomic E-state index is 12.2. The molecule has 1 amide bonds. The number of nitrogens with one attached hydrogen (secondary N) is 1. The molecule has 0 atom stereocenters. The number of carbonyl (C=O) groups excluding carboxylic acids is 1. The van der Waals surface area contributed by atoms with E-state index in [0.29, 0.717) is 12.8 Å². The number of carbonyl (C=O) groups is 1. The van der Waals surface area contributed by atoms with Crippen molar-refractivity contribution in [2.75, 3.05) is 12.4 Å². The highest BCUT2D eigenvalue weighted by molar-refractivity contribution is 5.94. The van der Waals surface area contributed by atoms with E-state index in [1.165, 1.54) is 5.52 Å². The first-order chi connectivity index (χ1) is 12.2. The van der Waals surface area contributed by atoms with E-state index in [1.807, 2.05) is 36.4 Å². The van der Waals surface area contributed by atoms with Crippen molar-refractivity contribution in [3.63, 3.8) is 0 Å². The molecule has 25 heavy (non-hydrogen) atoms. The average molecular weight is 336 g/mol. The van der Waals surface area contributed by atoms with E-state index in [1.54, 1.807) is 7.11 Å². The number of ether oxygens (including phenoxy) is 1. The molecule has 1 aromatic heterocycles. The molecule has 0 aliphatic carbocycles. The second kappa shape index (κ2) is 7.88. The molecule has 0 saturated heterocycles. The molecular formula is C21H24N2O2. The van der Waals surface area contributed by atoms with Gasteiger partial charge in [-0.15, -0.1) is 0 Å². The second-order valence-electron chi connectivity index (χ2n) is 6.18. The zero-order chi connectivity index (χ0) is 17.6. The third-order valence-electron chi connectivity index (χ3n) is 4.29. The summed E-state index contributed by atoms with van der Waals surface area (Å²) >= 11 is 0. The van der Waals surface area contributed by atoms with Crippen LogP contribution in [0.15, 0.2) is 54.7 Å².